The molecule has 3 nitrogen and oxygen atoms in total. The fourth-order valence-corrected chi connectivity index (χ4v) is 3.14. The zero-order chi connectivity index (χ0) is 19.7. The maximum atomic E-state index is 13.2. The van der Waals surface area contributed by atoms with Gasteiger partial charge < -0.3 is 0 Å². The number of nitrogens with zero attached hydrogens (tertiary/aromatic N) is 2. The molecule has 1 aliphatic rings. The lowest BCUT2D eigenvalue weighted by molar-refractivity contribution is -0.113. The molecular formula is C24H19FN2O. The van der Waals surface area contributed by atoms with Crippen LogP contribution in [0.3, 0.4) is 0 Å². The van der Waals surface area contributed by atoms with Crippen molar-refractivity contribution in [3.8, 4) is 0 Å². The van der Waals surface area contributed by atoms with Gasteiger partial charge in [0, 0.05) is 5.56 Å². The largest absolute Gasteiger partial charge is 0.282 e. The number of rotatable bonds is 3. The normalized spacial score (nSPS) is 15.2. The molecule has 4 rings (SSSR count). The molecule has 4 heteroatoms. The summed E-state index contributed by atoms with van der Waals surface area (Å²) in [5.41, 5.74) is 4.88. The molecule has 28 heavy (non-hydrogen) atoms. The number of aryl methyl sites for hydroxylation is 2. The first kappa shape index (κ1) is 17.9. The topological polar surface area (TPSA) is 32.7 Å². The minimum atomic E-state index is -0.315. The van der Waals surface area contributed by atoms with Crippen LogP contribution in [0.2, 0.25) is 0 Å². The Balaban J connectivity index is 1.82. The Morgan fingerprint density at radius 2 is 1.61 bits per heavy atom. The van der Waals surface area contributed by atoms with Crippen LogP contribution in [0.4, 0.5) is 10.1 Å². The van der Waals surface area contributed by atoms with E-state index in [1.165, 1.54) is 12.1 Å². The maximum Gasteiger partial charge on any atom is 0.282 e. The summed E-state index contributed by atoms with van der Waals surface area (Å²) < 4.78 is 13.2. The first-order chi connectivity index (χ1) is 13.5. The van der Waals surface area contributed by atoms with Crippen molar-refractivity contribution < 1.29 is 9.18 Å². The second kappa shape index (κ2) is 7.24. The number of benzene rings is 3. The van der Waals surface area contributed by atoms with Gasteiger partial charge in [0.1, 0.15) is 17.3 Å². The number of aliphatic imine (C=N–C) groups is 1. The second-order valence-corrected chi connectivity index (χ2v) is 6.86. The van der Waals surface area contributed by atoms with Gasteiger partial charge in [-0.2, -0.15) is 0 Å². The quantitative estimate of drug-likeness (QED) is 0.578. The molecule has 0 fully saturated rings. The molecule has 0 atom stereocenters. The van der Waals surface area contributed by atoms with Crippen LogP contribution < -0.4 is 4.90 Å². The highest BCUT2D eigenvalue weighted by Crippen LogP contribution is 2.28. The molecule has 0 spiro atoms. The minimum absolute atomic E-state index is 0.203. The summed E-state index contributed by atoms with van der Waals surface area (Å²) in [5, 5.41) is 0. The van der Waals surface area contributed by atoms with Gasteiger partial charge in [-0.05, 0) is 55.3 Å². The molecule has 3 aromatic rings. The summed E-state index contributed by atoms with van der Waals surface area (Å²) >= 11 is 0. The minimum Gasteiger partial charge on any atom is -0.266 e. The van der Waals surface area contributed by atoms with Crippen molar-refractivity contribution in [2.75, 3.05) is 4.90 Å². The number of hydrogen-bond donors (Lipinski definition) is 0. The Morgan fingerprint density at radius 3 is 2.29 bits per heavy atom. The van der Waals surface area contributed by atoms with Crippen LogP contribution in [-0.2, 0) is 4.79 Å². The average molecular weight is 370 g/mol. The molecule has 1 amide bonds. The van der Waals surface area contributed by atoms with E-state index in [1.807, 2.05) is 62.4 Å². The van der Waals surface area contributed by atoms with Crippen LogP contribution in [0.5, 0.6) is 0 Å². The first-order valence-corrected chi connectivity index (χ1v) is 9.05. The third-order valence-electron chi connectivity index (χ3n) is 4.60. The maximum absolute atomic E-state index is 13.2. The van der Waals surface area contributed by atoms with Crippen molar-refractivity contribution in [1.29, 1.82) is 0 Å². The van der Waals surface area contributed by atoms with Crippen LogP contribution in [0.15, 0.2) is 83.5 Å². The molecule has 0 bridgehead atoms. The van der Waals surface area contributed by atoms with Gasteiger partial charge in [0.2, 0.25) is 0 Å². The zero-order valence-electron chi connectivity index (χ0n) is 15.7. The number of carbonyl (C=O) groups excluding carboxylic acids is 1. The zero-order valence-corrected chi connectivity index (χ0v) is 15.7. The van der Waals surface area contributed by atoms with E-state index >= 15 is 0 Å². The molecule has 138 valence electrons. The second-order valence-electron chi connectivity index (χ2n) is 6.86. The Labute approximate surface area is 163 Å². The van der Waals surface area contributed by atoms with Crippen LogP contribution >= 0.6 is 0 Å². The fourth-order valence-electron chi connectivity index (χ4n) is 3.14. The van der Waals surface area contributed by atoms with E-state index in [-0.39, 0.29) is 11.7 Å². The molecule has 1 heterocycles. The third kappa shape index (κ3) is 3.49. The van der Waals surface area contributed by atoms with E-state index < -0.39 is 0 Å². The Kier molecular flexibility index (Phi) is 4.62. The average Bonchev–Trinajstić information content (AvgIpc) is 3.00. The van der Waals surface area contributed by atoms with Gasteiger partial charge in [0.05, 0.1) is 5.69 Å². The summed E-state index contributed by atoms with van der Waals surface area (Å²) in [5.74, 6) is 0.0691. The molecule has 3 aromatic carbocycles. The van der Waals surface area contributed by atoms with Crippen molar-refractivity contribution in [1.82, 2.24) is 0 Å². The lowest BCUT2D eigenvalue weighted by atomic mass is 10.1. The Bertz CT molecular complexity index is 1100. The molecule has 0 saturated carbocycles. The van der Waals surface area contributed by atoms with Gasteiger partial charge in [0.25, 0.3) is 5.91 Å². The third-order valence-corrected chi connectivity index (χ3v) is 4.60. The van der Waals surface area contributed by atoms with Crippen LogP contribution in [-0.4, -0.2) is 11.7 Å². The van der Waals surface area contributed by atoms with Crippen molar-refractivity contribution in [3.63, 3.8) is 0 Å². The van der Waals surface area contributed by atoms with Gasteiger partial charge in [-0.25, -0.2) is 9.38 Å². The van der Waals surface area contributed by atoms with Crippen molar-refractivity contribution in [2.24, 2.45) is 4.99 Å². The smallest absolute Gasteiger partial charge is 0.266 e. The molecule has 0 unspecified atom stereocenters. The van der Waals surface area contributed by atoms with Crippen LogP contribution in [0.1, 0.15) is 22.3 Å². The number of hydrogen-bond acceptors (Lipinski definition) is 2. The van der Waals surface area contributed by atoms with Crippen LogP contribution in [0, 0.1) is 19.7 Å². The molecule has 0 N–H and O–H groups in total. The van der Waals surface area contributed by atoms with E-state index in [0.29, 0.717) is 11.5 Å². The number of amidine groups is 1. The van der Waals surface area contributed by atoms with Gasteiger partial charge >= 0.3 is 0 Å². The highest BCUT2D eigenvalue weighted by molar-refractivity contribution is 6.33. The van der Waals surface area contributed by atoms with E-state index in [1.54, 1.807) is 23.1 Å². The summed E-state index contributed by atoms with van der Waals surface area (Å²) in [4.78, 5) is 19.5. The van der Waals surface area contributed by atoms with Gasteiger partial charge in [-0.15, -0.1) is 0 Å². The van der Waals surface area contributed by atoms with Crippen molar-refractivity contribution >= 4 is 23.5 Å². The number of halogens is 1. The lowest BCUT2D eigenvalue weighted by Crippen LogP contribution is -2.32. The molecular weight excluding hydrogens is 351 g/mol. The van der Waals surface area contributed by atoms with E-state index in [4.69, 9.17) is 0 Å². The Morgan fingerprint density at radius 1 is 0.893 bits per heavy atom. The van der Waals surface area contributed by atoms with Crippen molar-refractivity contribution in [2.45, 2.75) is 13.8 Å². The van der Waals surface area contributed by atoms with E-state index in [9.17, 15) is 9.18 Å². The summed E-state index contributed by atoms with van der Waals surface area (Å²) in [6, 6.07) is 21.7. The van der Waals surface area contributed by atoms with Gasteiger partial charge in [0.15, 0.2) is 0 Å². The predicted octanol–water partition coefficient (Wildman–Crippen LogP) is 5.28. The highest BCUT2D eigenvalue weighted by Gasteiger charge is 2.32. The monoisotopic (exact) mass is 370 g/mol. The van der Waals surface area contributed by atoms with E-state index in [2.05, 4.69) is 4.99 Å². The SMILES string of the molecule is Cc1ccc(C2=N/C(=C/c3ccc(F)cc3)C(=O)N2c2cccc(C)c2)cc1. The molecule has 0 radical (unpaired) electrons. The number of carbonyl (C=O) groups is 1. The van der Waals surface area contributed by atoms with E-state index in [0.717, 1.165) is 27.9 Å². The summed E-state index contributed by atoms with van der Waals surface area (Å²) in [6.07, 6.45) is 1.69. The van der Waals surface area contributed by atoms with Gasteiger partial charge in [-0.3, -0.25) is 9.69 Å². The summed E-state index contributed by atoms with van der Waals surface area (Å²) in [6.45, 7) is 4.01. The molecule has 0 aliphatic carbocycles. The van der Waals surface area contributed by atoms with Gasteiger partial charge in [-0.1, -0.05) is 54.1 Å². The number of anilines is 1. The predicted molar refractivity (Wildman–Crippen MR) is 111 cm³/mol. The number of amides is 1. The Hall–Kier alpha value is -3.53. The van der Waals surface area contributed by atoms with Crippen LogP contribution in [0.25, 0.3) is 6.08 Å². The fraction of sp³-hybridized carbons (Fsp3) is 0.0833. The first-order valence-electron chi connectivity index (χ1n) is 9.05. The lowest BCUT2D eigenvalue weighted by Gasteiger charge is -2.19. The summed E-state index contributed by atoms with van der Waals surface area (Å²) in [7, 11) is 0. The molecule has 0 aromatic heterocycles. The standard InChI is InChI=1S/C24H19FN2O/c1-16-6-10-19(11-7-16)23-26-22(15-18-8-12-20(25)13-9-18)24(28)27(23)21-5-3-4-17(2)14-21/h3-15H,1-2H3/b22-15+. The molecule has 0 saturated heterocycles. The van der Waals surface area contributed by atoms with Crippen molar-refractivity contribution in [3.05, 3.63) is 107 Å². The molecule has 1 aliphatic heterocycles. The highest BCUT2D eigenvalue weighted by atomic mass is 19.1.